The van der Waals surface area contributed by atoms with Crippen LogP contribution in [0.2, 0.25) is 0 Å². The maximum absolute atomic E-state index is 12.9. The molecule has 0 rings (SSSR count). The molecule has 0 aliphatic heterocycles. The molecule has 410 valence electrons. The highest BCUT2D eigenvalue weighted by Crippen LogP contribution is 2.19. The number of hydrogen-bond acceptors (Lipinski definition) is 6. The first-order valence-electron chi connectivity index (χ1n) is 31.1. The molecule has 0 N–H and O–H groups in total. The van der Waals surface area contributed by atoms with E-state index in [0.717, 1.165) is 75.5 Å². The maximum atomic E-state index is 12.9. The number of ether oxygens (including phenoxy) is 3. The van der Waals surface area contributed by atoms with Crippen LogP contribution < -0.4 is 0 Å². The highest BCUT2D eigenvalue weighted by molar-refractivity contribution is 5.71. The van der Waals surface area contributed by atoms with Crippen molar-refractivity contribution in [2.45, 2.75) is 356 Å². The minimum atomic E-state index is -0.764. The van der Waals surface area contributed by atoms with Crippen molar-refractivity contribution in [3.8, 4) is 0 Å². The van der Waals surface area contributed by atoms with E-state index in [1.807, 2.05) is 0 Å². The molecule has 0 aromatic heterocycles. The summed E-state index contributed by atoms with van der Waals surface area (Å²) in [5.74, 6) is 1.69. The van der Waals surface area contributed by atoms with Crippen molar-refractivity contribution in [3.63, 3.8) is 0 Å². The lowest BCUT2D eigenvalue weighted by molar-refractivity contribution is -0.167. The number of carbonyl (C=O) groups excluding carboxylic acids is 3. The molecule has 0 aromatic carbocycles. The Kier molecular flexibility index (Phi) is 52.9. The fourth-order valence-corrected chi connectivity index (χ4v) is 9.71. The fourth-order valence-electron chi connectivity index (χ4n) is 9.71. The molecule has 0 aliphatic carbocycles. The highest BCUT2D eigenvalue weighted by Gasteiger charge is 2.19. The molecule has 1 atom stereocenters. The molecule has 69 heavy (non-hydrogen) atoms. The van der Waals surface area contributed by atoms with Gasteiger partial charge in [-0.2, -0.15) is 0 Å². The van der Waals surface area contributed by atoms with E-state index in [-0.39, 0.29) is 31.1 Å². The van der Waals surface area contributed by atoms with Gasteiger partial charge in [-0.05, 0) is 37.0 Å². The zero-order valence-corrected chi connectivity index (χ0v) is 47.6. The zero-order valence-electron chi connectivity index (χ0n) is 47.6. The Balaban J connectivity index is 4.28. The van der Waals surface area contributed by atoms with Gasteiger partial charge >= 0.3 is 17.9 Å². The van der Waals surface area contributed by atoms with Crippen LogP contribution >= 0.6 is 0 Å². The van der Waals surface area contributed by atoms with E-state index in [4.69, 9.17) is 14.2 Å². The molecule has 0 fully saturated rings. The summed E-state index contributed by atoms with van der Waals surface area (Å²) in [5, 5.41) is 0. The fraction of sp³-hybridized carbons (Fsp3) is 0.952. The summed E-state index contributed by atoms with van der Waals surface area (Å²) in [6.45, 7) is 13.8. The summed E-state index contributed by atoms with van der Waals surface area (Å²) in [6, 6.07) is 0. The second-order valence-electron chi connectivity index (χ2n) is 23.1. The topological polar surface area (TPSA) is 78.9 Å². The van der Waals surface area contributed by atoms with Crippen LogP contribution in [-0.4, -0.2) is 37.2 Å². The second kappa shape index (κ2) is 54.2. The Bertz CT molecular complexity index is 1070. The van der Waals surface area contributed by atoms with E-state index in [9.17, 15) is 14.4 Å². The van der Waals surface area contributed by atoms with E-state index in [1.165, 1.54) is 231 Å². The minimum Gasteiger partial charge on any atom is -0.462 e. The second-order valence-corrected chi connectivity index (χ2v) is 23.1. The number of rotatable bonds is 56. The van der Waals surface area contributed by atoms with Crippen molar-refractivity contribution >= 4 is 17.9 Å². The third-order valence-electron chi connectivity index (χ3n) is 14.4. The average molecular weight is 976 g/mol. The van der Waals surface area contributed by atoms with Crippen molar-refractivity contribution in [2.24, 2.45) is 17.8 Å². The predicted octanol–water partition coefficient (Wildman–Crippen LogP) is 20.7. The molecule has 0 aliphatic rings. The summed E-state index contributed by atoms with van der Waals surface area (Å²) in [4.78, 5) is 38.3. The molecule has 0 saturated heterocycles. The Labute approximate surface area is 431 Å². The molecule has 0 spiro atoms. The van der Waals surface area contributed by atoms with Crippen molar-refractivity contribution < 1.29 is 28.6 Å². The van der Waals surface area contributed by atoms with Gasteiger partial charge in [0.15, 0.2) is 6.10 Å². The number of unbranched alkanes of at least 4 members (excludes halogenated alkanes) is 39. The summed E-state index contributed by atoms with van der Waals surface area (Å²) < 4.78 is 16.9. The first kappa shape index (κ1) is 67.4. The highest BCUT2D eigenvalue weighted by atomic mass is 16.6. The van der Waals surface area contributed by atoms with Gasteiger partial charge in [0.05, 0.1) is 0 Å². The van der Waals surface area contributed by atoms with Gasteiger partial charge in [-0.1, -0.05) is 311 Å². The number of esters is 3. The Morgan fingerprint density at radius 2 is 0.420 bits per heavy atom. The molecule has 6 heteroatoms. The molecule has 0 radical (unpaired) electrons. The lowest BCUT2D eigenvalue weighted by Crippen LogP contribution is -2.30. The standard InChI is InChI=1S/C63H122O6/c1-57(2)49-43-37-31-25-19-14-10-7-8-12-17-23-30-36-42-48-54-63(66)69-60(56-68-62(65)53-47-41-35-29-24-18-21-27-33-39-45-51-59(5)6)55-67-61(64)52-46-40-34-28-22-16-13-9-11-15-20-26-32-38-44-50-58(3)4/h57-60H,7-56H2,1-6H3/t60-/m1/s1. The van der Waals surface area contributed by atoms with E-state index in [0.29, 0.717) is 19.3 Å². The number of carbonyl (C=O) groups is 3. The Morgan fingerprint density at radius 1 is 0.246 bits per heavy atom. The molecule has 0 unspecified atom stereocenters. The monoisotopic (exact) mass is 975 g/mol. The minimum absolute atomic E-state index is 0.0628. The van der Waals surface area contributed by atoms with Crippen LogP contribution in [0.25, 0.3) is 0 Å². The molecule has 0 bridgehead atoms. The first-order valence-corrected chi connectivity index (χ1v) is 31.1. The van der Waals surface area contributed by atoms with Gasteiger partial charge in [-0.25, -0.2) is 0 Å². The summed E-state index contributed by atoms with van der Waals surface area (Å²) in [5.41, 5.74) is 0. The van der Waals surface area contributed by atoms with Gasteiger partial charge in [0, 0.05) is 19.3 Å². The van der Waals surface area contributed by atoms with Crippen LogP contribution in [0.3, 0.4) is 0 Å². The number of hydrogen-bond donors (Lipinski definition) is 0. The van der Waals surface area contributed by atoms with Gasteiger partial charge in [0.1, 0.15) is 13.2 Å². The van der Waals surface area contributed by atoms with Crippen molar-refractivity contribution in [3.05, 3.63) is 0 Å². The zero-order chi connectivity index (χ0) is 50.5. The normalized spacial score (nSPS) is 12.1. The summed E-state index contributed by atoms with van der Waals surface area (Å²) in [6.07, 6.45) is 58.1. The van der Waals surface area contributed by atoms with Gasteiger partial charge in [-0.3, -0.25) is 14.4 Å². The van der Waals surface area contributed by atoms with Crippen LogP contribution in [0, 0.1) is 17.8 Å². The molecule has 0 amide bonds. The van der Waals surface area contributed by atoms with Crippen LogP contribution in [-0.2, 0) is 28.6 Å². The average Bonchev–Trinajstić information content (AvgIpc) is 3.31. The molecular formula is C63H122O6. The molecule has 0 aromatic rings. The lowest BCUT2D eigenvalue weighted by atomic mass is 10.0. The van der Waals surface area contributed by atoms with Crippen LogP contribution in [0.5, 0.6) is 0 Å². The van der Waals surface area contributed by atoms with Crippen LogP contribution in [0.4, 0.5) is 0 Å². The van der Waals surface area contributed by atoms with E-state index >= 15 is 0 Å². The smallest absolute Gasteiger partial charge is 0.306 e. The van der Waals surface area contributed by atoms with Gasteiger partial charge in [0.2, 0.25) is 0 Å². The van der Waals surface area contributed by atoms with Crippen molar-refractivity contribution in [2.75, 3.05) is 13.2 Å². The van der Waals surface area contributed by atoms with Crippen molar-refractivity contribution in [1.29, 1.82) is 0 Å². The van der Waals surface area contributed by atoms with Crippen LogP contribution in [0.1, 0.15) is 350 Å². The SMILES string of the molecule is CC(C)CCCCCCCCCCCCCCCCCCC(=O)O[C@H](COC(=O)CCCCCCCCCCCCCCCCCC(C)C)COC(=O)CCCCCCCCCCCCCC(C)C. The summed E-state index contributed by atoms with van der Waals surface area (Å²) in [7, 11) is 0. The lowest BCUT2D eigenvalue weighted by Gasteiger charge is -2.18. The Morgan fingerprint density at radius 3 is 0.623 bits per heavy atom. The first-order chi connectivity index (χ1) is 33.6. The Hall–Kier alpha value is -1.59. The van der Waals surface area contributed by atoms with Crippen molar-refractivity contribution in [1.82, 2.24) is 0 Å². The van der Waals surface area contributed by atoms with Gasteiger partial charge in [-0.15, -0.1) is 0 Å². The van der Waals surface area contributed by atoms with Gasteiger partial charge in [0.25, 0.3) is 0 Å². The van der Waals surface area contributed by atoms with E-state index in [2.05, 4.69) is 41.5 Å². The third-order valence-corrected chi connectivity index (χ3v) is 14.4. The quantitative estimate of drug-likeness (QED) is 0.0343. The largest absolute Gasteiger partial charge is 0.462 e. The van der Waals surface area contributed by atoms with Crippen LogP contribution in [0.15, 0.2) is 0 Å². The van der Waals surface area contributed by atoms with E-state index in [1.54, 1.807) is 0 Å². The third kappa shape index (κ3) is 57.2. The molecule has 0 saturated carbocycles. The molecular weight excluding hydrogens is 853 g/mol. The van der Waals surface area contributed by atoms with E-state index < -0.39 is 6.10 Å². The summed E-state index contributed by atoms with van der Waals surface area (Å²) >= 11 is 0. The molecule has 0 heterocycles. The molecule has 6 nitrogen and oxygen atoms in total. The predicted molar refractivity (Wildman–Crippen MR) is 298 cm³/mol. The van der Waals surface area contributed by atoms with Gasteiger partial charge < -0.3 is 14.2 Å². The maximum Gasteiger partial charge on any atom is 0.306 e.